The van der Waals surface area contributed by atoms with Crippen LogP contribution >= 0.6 is 0 Å². The molecule has 0 saturated heterocycles. The van der Waals surface area contributed by atoms with Gasteiger partial charge in [-0.15, -0.1) is 0 Å². The molecule has 0 fully saturated rings. The molecule has 0 aromatic carbocycles. The van der Waals surface area contributed by atoms with Crippen molar-refractivity contribution in [3.8, 4) is 0 Å². The first-order valence-electron chi connectivity index (χ1n) is 5.80. The first kappa shape index (κ1) is 15.2. The molecule has 0 spiro atoms. The van der Waals surface area contributed by atoms with E-state index in [0.29, 0.717) is 0 Å². The normalized spacial score (nSPS) is 20.9. The Morgan fingerprint density at radius 3 is 1.20 bits per heavy atom. The summed E-state index contributed by atoms with van der Waals surface area (Å²) in [7, 11) is 6.00. The first-order valence-corrected chi connectivity index (χ1v) is 14.5. The van der Waals surface area contributed by atoms with Gasteiger partial charge in [0.2, 0.25) is 0 Å². The van der Waals surface area contributed by atoms with E-state index in [4.69, 9.17) is 0 Å². The molecule has 0 amide bonds. The van der Waals surface area contributed by atoms with Crippen LogP contribution in [0, 0.1) is 0 Å². The van der Waals surface area contributed by atoms with Crippen molar-refractivity contribution in [2.45, 2.75) is 30.4 Å². The molecule has 0 aliphatic heterocycles. The van der Waals surface area contributed by atoms with Crippen molar-refractivity contribution < 1.29 is 14.0 Å². The first-order chi connectivity index (χ1) is 6.33. The van der Waals surface area contributed by atoms with Crippen LogP contribution in [-0.4, -0.2) is 26.0 Å². The van der Waals surface area contributed by atoms with Gasteiger partial charge in [0.15, 0.2) is 0 Å². The Balaban J connectivity index is 0.000000423. The van der Waals surface area contributed by atoms with Gasteiger partial charge in [-0.25, -0.2) is 0 Å². The second-order valence-electron chi connectivity index (χ2n) is 9.08. The summed E-state index contributed by atoms with van der Waals surface area (Å²) < 4.78 is 0.731. The van der Waals surface area contributed by atoms with Crippen LogP contribution in [0.25, 0.3) is 0 Å². The van der Waals surface area contributed by atoms with E-state index >= 15 is 0 Å². The molecule has 0 saturated carbocycles. The topological polar surface area (TPSA) is 3.24 Å². The van der Waals surface area contributed by atoms with Crippen molar-refractivity contribution in [2.75, 3.05) is 21.1 Å². The minimum atomic E-state index is -2.58. The van der Waals surface area contributed by atoms with Crippen molar-refractivity contribution >= 4 is 0 Å². The molecular weight excluding hydrogens is 218 g/mol. The number of hydrogen-bond donors (Lipinski definition) is 0. The average Bonchev–Trinajstić information content (AvgIpc) is 2.27. The van der Waals surface area contributed by atoms with Crippen molar-refractivity contribution in [3.63, 3.8) is 0 Å². The summed E-state index contributed by atoms with van der Waals surface area (Å²) in [6.45, 7) is 0. The Morgan fingerprint density at radius 2 is 1.07 bits per heavy atom. The molecule has 0 aromatic heterocycles. The fraction of sp³-hybridized carbons (Fsp3) is 0.692. The summed E-state index contributed by atoms with van der Waals surface area (Å²) in [6, 6.07) is 0. The van der Waals surface area contributed by atoms with Gasteiger partial charge in [-0.05, 0) is 21.1 Å². The zero-order valence-electron chi connectivity index (χ0n) is 11.8. The van der Waals surface area contributed by atoms with E-state index in [1.165, 1.54) is 0 Å². The Bertz CT molecular complexity index is 248. The SMILES string of the molecule is CN(C)C.[CH3][Ti]([CH3])([CH3])([CH3])([CH3])[CH]1C=CC=C1. The van der Waals surface area contributed by atoms with Crippen LogP contribution in [0.4, 0.5) is 0 Å². The van der Waals surface area contributed by atoms with E-state index in [2.05, 4.69) is 50.4 Å². The van der Waals surface area contributed by atoms with E-state index in [1.54, 1.807) is 0 Å². The standard InChI is InChI=1S/C5H5.C3H9N.5CH3.Ti/c1-2-4-5-3-1;1-4(2)3;;;;;;/h1-5H;1-3H3;5*1H3;. The zero-order chi connectivity index (χ0) is 12.4. The fourth-order valence-electron chi connectivity index (χ4n) is 1.39. The van der Waals surface area contributed by atoms with Crippen LogP contribution in [0.15, 0.2) is 24.3 Å². The second kappa shape index (κ2) is 3.87. The van der Waals surface area contributed by atoms with Crippen LogP contribution in [0.3, 0.4) is 0 Å². The summed E-state index contributed by atoms with van der Waals surface area (Å²) in [5.41, 5.74) is 0. The van der Waals surface area contributed by atoms with Gasteiger partial charge in [0, 0.05) is 0 Å². The molecule has 0 bridgehead atoms. The van der Waals surface area contributed by atoms with Gasteiger partial charge in [0.1, 0.15) is 0 Å². The molecule has 2 heteroatoms. The maximum atomic E-state index is 2.49. The molecule has 1 aliphatic rings. The molecule has 0 atom stereocenters. The number of allylic oxidation sites excluding steroid dienone is 4. The molecule has 1 nitrogen and oxygen atoms in total. The van der Waals surface area contributed by atoms with Gasteiger partial charge in [-0.1, -0.05) is 0 Å². The molecule has 90 valence electrons. The van der Waals surface area contributed by atoms with E-state index in [9.17, 15) is 0 Å². The third kappa shape index (κ3) is 7.11. The van der Waals surface area contributed by atoms with E-state index < -0.39 is 14.0 Å². The molecule has 0 radical (unpaired) electrons. The van der Waals surface area contributed by atoms with Gasteiger partial charge in [0.25, 0.3) is 0 Å². The molecular formula is C13H29NTi. The number of nitrogens with zero attached hydrogens (tertiary/aromatic N) is 1. The number of hydrogen-bond acceptors (Lipinski definition) is 1. The summed E-state index contributed by atoms with van der Waals surface area (Å²) in [5.74, 6) is 0. The van der Waals surface area contributed by atoms with Crippen molar-refractivity contribution in [3.05, 3.63) is 24.3 Å². The Morgan fingerprint density at radius 1 is 0.800 bits per heavy atom. The molecule has 0 heterocycles. The van der Waals surface area contributed by atoms with Crippen LogP contribution < -0.4 is 0 Å². The van der Waals surface area contributed by atoms with Crippen LogP contribution in [0.2, 0.25) is 30.4 Å². The summed E-state index contributed by atoms with van der Waals surface area (Å²) in [4.78, 5) is 2.00. The third-order valence-corrected chi connectivity index (χ3v) is 8.22. The molecule has 1 rings (SSSR count). The summed E-state index contributed by atoms with van der Waals surface area (Å²) >= 11 is -2.58. The average molecular weight is 247 g/mol. The monoisotopic (exact) mass is 247 g/mol. The van der Waals surface area contributed by atoms with Crippen LogP contribution in [0.1, 0.15) is 0 Å². The zero-order valence-corrected chi connectivity index (χ0v) is 13.4. The third-order valence-electron chi connectivity index (χ3n) is 2.41. The van der Waals surface area contributed by atoms with E-state index in [-0.39, 0.29) is 0 Å². The predicted molar refractivity (Wildman–Crippen MR) is 71.0 cm³/mol. The Kier molecular flexibility index (Phi) is 3.91. The minimum absolute atomic E-state index is 0.731. The van der Waals surface area contributed by atoms with Crippen LogP contribution in [0.5, 0.6) is 0 Å². The van der Waals surface area contributed by atoms with E-state index in [0.717, 1.165) is 4.22 Å². The summed E-state index contributed by atoms with van der Waals surface area (Å²) in [5, 5.41) is 12.5. The predicted octanol–water partition coefficient (Wildman–Crippen LogP) is 4.54. The van der Waals surface area contributed by atoms with Gasteiger partial charge < -0.3 is 4.90 Å². The molecule has 1 aliphatic carbocycles. The van der Waals surface area contributed by atoms with Gasteiger partial charge in [0.05, 0.1) is 0 Å². The van der Waals surface area contributed by atoms with E-state index in [1.807, 2.05) is 26.0 Å². The quantitative estimate of drug-likeness (QED) is 0.615. The van der Waals surface area contributed by atoms with Crippen molar-refractivity contribution in [2.24, 2.45) is 0 Å². The Labute approximate surface area is 94.7 Å². The summed E-state index contributed by atoms with van der Waals surface area (Å²) in [6.07, 6.45) is 9.06. The molecule has 0 N–H and O–H groups in total. The molecule has 0 unspecified atom stereocenters. The maximum absolute atomic E-state index is 2.58. The number of rotatable bonds is 1. The van der Waals surface area contributed by atoms with Crippen molar-refractivity contribution in [1.82, 2.24) is 4.90 Å². The molecule has 15 heavy (non-hydrogen) atoms. The van der Waals surface area contributed by atoms with Gasteiger partial charge >= 0.3 is 68.7 Å². The Hall–Kier alpha value is 0.154. The van der Waals surface area contributed by atoms with Crippen LogP contribution in [-0.2, 0) is 14.0 Å². The van der Waals surface area contributed by atoms with Gasteiger partial charge in [-0.2, -0.15) is 0 Å². The second-order valence-corrected chi connectivity index (χ2v) is 30.2. The fourth-order valence-corrected chi connectivity index (χ4v) is 4.75. The molecule has 0 aromatic rings. The van der Waals surface area contributed by atoms with Gasteiger partial charge in [-0.3, -0.25) is 0 Å². The van der Waals surface area contributed by atoms with Crippen molar-refractivity contribution in [1.29, 1.82) is 0 Å².